The van der Waals surface area contributed by atoms with Crippen LogP contribution in [0, 0.1) is 5.92 Å². The quantitative estimate of drug-likeness (QED) is 0.316. The van der Waals surface area contributed by atoms with E-state index >= 15 is 0 Å². The molecule has 1 aliphatic rings. The van der Waals surface area contributed by atoms with Gasteiger partial charge in [-0.05, 0) is 37.6 Å². The summed E-state index contributed by atoms with van der Waals surface area (Å²) in [5.41, 5.74) is -3.09. The molecule has 1 aliphatic carbocycles. The summed E-state index contributed by atoms with van der Waals surface area (Å²) in [6.45, 7) is 3.77. The van der Waals surface area contributed by atoms with Crippen molar-refractivity contribution in [1.82, 2.24) is 0 Å². The molecule has 0 amide bonds. The van der Waals surface area contributed by atoms with Crippen LogP contribution in [0.2, 0.25) is 0 Å². The van der Waals surface area contributed by atoms with E-state index in [9.17, 15) is 26.3 Å². The van der Waals surface area contributed by atoms with E-state index < -0.39 is 45.9 Å². The smallest absolute Gasteiger partial charge is 0.353 e. The zero-order chi connectivity index (χ0) is 19.9. The zero-order valence-electron chi connectivity index (χ0n) is 13.7. The third-order valence-electron chi connectivity index (χ3n) is 4.03. The van der Waals surface area contributed by atoms with E-state index in [1.54, 1.807) is 13.8 Å². The summed E-state index contributed by atoms with van der Waals surface area (Å²) in [4.78, 5) is 0. The Labute approximate surface area is 156 Å². The second-order valence-corrected chi connectivity index (χ2v) is 7.24. The first-order valence-electron chi connectivity index (χ1n) is 7.74. The number of hydrogen-bond acceptors (Lipinski definition) is 2. The highest BCUT2D eigenvalue weighted by molar-refractivity contribution is 6.52. The Morgan fingerprint density at radius 3 is 1.69 bits per heavy atom. The van der Waals surface area contributed by atoms with Crippen LogP contribution in [0.5, 0.6) is 0 Å². The highest BCUT2D eigenvalue weighted by Gasteiger charge is 2.68. The van der Waals surface area contributed by atoms with Crippen molar-refractivity contribution in [3.05, 3.63) is 34.9 Å². The Morgan fingerprint density at radius 2 is 1.35 bits per heavy atom. The first-order valence-corrected chi connectivity index (χ1v) is 8.50. The molecule has 1 saturated carbocycles. The van der Waals surface area contributed by atoms with Crippen molar-refractivity contribution in [3.63, 3.8) is 0 Å². The Kier molecular flexibility index (Phi) is 6.12. The van der Waals surface area contributed by atoms with Crippen LogP contribution in [0.4, 0.5) is 26.3 Å². The van der Waals surface area contributed by atoms with Gasteiger partial charge in [-0.15, -0.1) is 23.2 Å². The highest BCUT2D eigenvalue weighted by atomic mass is 35.5. The average Bonchev–Trinajstić information content (AvgIpc) is 3.07. The summed E-state index contributed by atoms with van der Waals surface area (Å²) in [5, 5.41) is 0. The molecule has 1 fully saturated rings. The Bertz CT molecular complexity index is 606. The van der Waals surface area contributed by atoms with E-state index in [2.05, 4.69) is 0 Å². The summed E-state index contributed by atoms with van der Waals surface area (Å²) in [6.07, 6.45) is -10.8. The summed E-state index contributed by atoms with van der Waals surface area (Å²) in [6, 6.07) is 1.33. The minimum absolute atomic E-state index is 0.0631. The van der Waals surface area contributed by atoms with Gasteiger partial charge in [-0.1, -0.05) is 0 Å². The normalized spacial score (nSPS) is 22.7. The molecular weight excluding hydrogens is 409 g/mol. The number of rotatable bonds is 6. The number of ether oxygens (including phenoxy) is 2. The molecule has 2 atom stereocenters. The summed E-state index contributed by atoms with van der Waals surface area (Å²) in [7, 11) is 0. The van der Waals surface area contributed by atoms with Gasteiger partial charge in [0.1, 0.15) is 4.33 Å². The number of benzene rings is 1. The third kappa shape index (κ3) is 4.40. The summed E-state index contributed by atoms with van der Waals surface area (Å²) >= 11 is 12.3. The second-order valence-electron chi connectivity index (χ2n) is 5.80. The van der Waals surface area contributed by atoms with E-state index in [1.165, 1.54) is 0 Å². The first kappa shape index (κ1) is 21.6. The van der Waals surface area contributed by atoms with E-state index in [-0.39, 0.29) is 24.8 Å². The molecule has 10 heteroatoms. The van der Waals surface area contributed by atoms with Crippen molar-refractivity contribution in [2.24, 2.45) is 5.92 Å². The molecule has 0 heterocycles. The van der Waals surface area contributed by atoms with Crippen LogP contribution in [-0.4, -0.2) is 23.8 Å². The van der Waals surface area contributed by atoms with Gasteiger partial charge in [0.25, 0.3) is 0 Å². The van der Waals surface area contributed by atoms with E-state index in [1.807, 2.05) is 0 Å². The summed E-state index contributed by atoms with van der Waals surface area (Å²) in [5.74, 6) is -1.78. The third-order valence-corrected chi connectivity index (χ3v) is 5.01. The van der Waals surface area contributed by atoms with Crippen LogP contribution < -0.4 is 0 Å². The zero-order valence-corrected chi connectivity index (χ0v) is 15.2. The minimum atomic E-state index is -4.94. The Hall–Kier alpha value is -0.700. The van der Waals surface area contributed by atoms with Crippen molar-refractivity contribution in [1.29, 1.82) is 0 Å². The fourth-order valence-electron chi connectivity index (χ4n) is 2.86. The molecule has 148 valence electrons. The van der Waals surface area contributed by atoms with Gasteiger partial charge in [0.15, 0.2) is 6.29 Å². The lowest BCUT2D eigenvalue weighted by molar-refractivity contribution is -0.149. The summed E-state index contributed by atoms with van der Waals surface area (Å²) < 4.78 is 87.3. The maximum Gasteiger partial charge on any atom is 0.416 e. The lowest BCUT2D eigenvalue weighted by Gasteiger charge is -2.17. The monoisotopic (exact) mass is 424 g/mol. The number of halogens is 8. The molecule has 2 unspecified atom stereocenters. The Balaban J connectivity index is 2.47. The van der Waals surface area contributed by atoms with Gasteiger partial charge in [0, 0.05) is 19.1 Å². The molecule has 0 bridgehead atoms. The lowest BCUT2D eigenvalue weighted by atomic mass is 10.0. The van der Waals surface area contributed by atoms with Crippen LogP contribution in [-0.2, 0) is 21.8 Å². The highest BCUT2D eigenvalue weighted by Crippen LogP contribution is 2.67. The average molecular weight is 425 g/mol. The topological polar surface area (TPSA) is 18.5 Å². The molecule has 0 N–H and O–H groups in total. The number of hydrogen-bond donors (Lipinski definition) is 0. The van der Waals surface area contributed by atoms with Crippen molar-refractivity contribution in [2.75, 3.05) is 13.2 Å². The van der Waals surface area contributed by atoms with Crippen molar-refractivity contribution < 1.29 is 35.8 Å². The van der Waals surface area contributed by atoms with E-state index in [0.717, 1.165) is 0 Å². The van der Waals surface area contributed by atoms with Crippen molar-refractivity contribution in [2.45, 2.75) is 42.7 Å². The second kappa shape index (κ2) is 7.37. The number of alkyl halides is 8. The maximum atomic E-state index is 13.0. The van der Waals surface area contributed by atoms with Gasteiger partial charge < -0.3 is 9.47 Å². The molecule has 0 aromatic heterocycles. The van der Waals surface area contributed by atoms with E-state index in [4.69, 9.17) is 32.7 Å². The molecule has 0 saturated heterocycles. The fourth-order valence-corrected chi connectivity index (χ4v) is 3.72. The van der Waals surface area contributed by atoms with Gasteiger partial charge in [-0.2, -0.15) is 26.3 Å². The largest absolute Gasteiger partial charge is 0.416 e. The molecule has 1 aromatic carbocycles. The molecule has 2 nitrogen and oxygen atoms in total. The van der Waals surface area contributed by atoms with Crippen molar-refractivity contribution >= 4 is 23.2 Å². The molecular formula is C16H16Cl2F6O2. The van der Waals surface area contributed by atoms with Gasteiger partial charge in [-0.25, -0.2) is 0 Å². The molecule has 2 rings (SSSR count). The van der Waals surface area contributed by atoms with Crippen LogP contribution in [0.15, 0.2) is 18.2 Å². The predicted molar refractivity (Wildman–Crippen MR) is 84.2 cm³/mol. The van der Waals surface area contributed by atoms with Gasteiger partial charge >= 0.3 is 12.4 Å². The minimum Gasteiger partial charge on any atom is -0.353 e. The van der Waals surface area contributed by atoms with Crippen molar-refractivity contribution in [3.8, 4) is 0 Å². The first-order chi connectivity index (χ1) is 11.8. The van der Waals surface area contributed by atoms with Crippen LogP contribution in [0.3, 0.4) is 0 Å². The predicted octanol–water partition coefficient (Wildman–Crippen LogP) is 6.01. The fraction of sp³-hybridized carbons (Fsp3) is 0.625. The SMILES string of the molecule is CCOC(OCC)C1C(c2cc(C(F)(F)F)cc(C(F)(F)F)c2)C1(Cl)Cl. The molecule has 26 heavy (non-hydrogen) atoms. The van der Waals surface area contributed by atoms with Crippen LogP contribution >= 0.6 is 23.2 Å². The van der Waals surface area contributed by atoms with Gasteiger partial charge in [0.05, 0.1) is 17.0 Å². The standard InChI is InChI=1S/C16H16Cl2F6O2/c1-3-25-13(26-4-2)12-11(14(12,17)18)8-5-9(15(19,20)21)7-10(6-8)16(22,23)24/h5-7,11-13H,3-4H2,1-2H3. The molecule has 0 radical (unpaired) electrons. The van der Waals surface area contributed by atoms with Gasteiger partial charge in [-0.3, -0.25) is 0 Å². The van der Waals surface area contributed by atoms with Gasteiger partial charge in [0.2, 0.25) is 0 Å². The van der Waals surface area contributed by atoms with Crippen LogP contribution in [0.1, 0.15) is 36.5 Å². The maximum absolute atomic E-state index is 13.0. The van der Waals surface area contributed by atoms with E-state index in [0.29, 0.717) is 12.1 Å². The Morgan fingerprint density at radius 1 is 0.923 bits per heavy atom. The molecule has 1 aromatic rings. The molecule has 0 aliphatic heterocycles. The molecule has 0 spiro atoms. The lowest BCUT2D eigenvalue weighted by Crippen LogP contribution is -2.22. The van der Waals surface area contributed by atoms with Crippen LogP contribution in [0.25, 0.3) is 0 Å².